The standard InChI is InChI=1S/C44H54F2N6O11S2/c1-25(2)39-35(41(27-9-13-29(45)14-10-27)49-43(47-39)51(5)64(7,59)60)19-17-31(53)21-32(54)24-38(58)63-34(22-33(55)23-37(56)57)18-20-36-40(26(3)4)48-44(52(6)65(8,61)62)50-42(36)28-11-15-30(46)16-12-28/h9-20,25-26,31-34,53-55H,21-24H2,1-8H3,(H,56,57)/b19-17+,20-18+/t31-,32?,33-,34?/m1/s1. The number of nitrogens with zero attached hydrogens (tertiary/aromatic N) is 6. The maximum absolute atomic E-state index is 14.0. The van der Waals surface area contributed by atoms with Gasteiger partial charge in [-0.05, 0) is 66.4 Å². The van der Waals surface area contributed by atoms with Gasteiger partial charge in [-0.3, -0.25) is 9.59 Å². The van der Waals surface area contributed by atoms with Crippen molar-refractivity contribution in [3.05, 3.63) is 94.8 Å². The summed E-state index contributed by atoms with van der Waals surface area (Å²) in [4.78, 5) is 42.7. The van der Waals surface area contributed by atoms with Crippen molar-refractivity contribution in [3.63, 3.8) is 0 Å². The second kappa shape index (κ2) is 22.0. The first-order valence-corrected chi connectivity index (χ1v) is 24.0. The van der Waals surface area contributed by atoms with Crippen LogP contribution in [0.1, 0.15) is 87.7 Å². The van der Waals surface area contributed by atoms with Crippen LogP contribution in [0.25, 0.3) is 34.7 Å². The predicted molar refractivity (Wildman–Crippen MR) is 242 cm³/mol. The van der Waals surface area contributed by atoms with Crippen molar-refractivity contribution in [2.75, 3.05) is 35.2 Å². The summed E-state index contributed by atoms with van der Waals surface area (Å²) in [5.74, 6) is -4.31. The number of halogens is 2. The molecule has 352 valence electrons. The Labute approximate surface area is 377 Å². The summed E-state index contributed by atoms with van der Waals surface area (Å²) >= 11 is 0. The molecule has 2 heterocycles. The minimum Gasteiger partial charge on any atom is -0.481 e. The molecule has 0 fully saturated rings. The number of sulfonamides is 2. The van der Waals surface area contributed by atoms with Gasteiger partial charge < -0.3 is 25.2 Å². The van der Waals surface area contributed by atoms with E-state index in [2.05, 4.69) is 19.9 Å². The number of carboxylic acid groups (broad SMARTS) is 1. The lowest BCUT2D eigenvalue weighted by Gasteiger charge is -2.21. The molecule has 17 nitrogen and oxygen atoms in total. The summed E-state index contributed by atoms with van der Waals surface area (Å²) in [5, 5.41) is 41.9. The van der Waals surface area contributed by atoms with Crippen LogP contribution >= 0.6 is 0 Å². The fourth-order valence-electron chi connectivity index (χ4n) is 6.37. The number of aliphatic hydroxyl groups excluding tert-OH is 3. The number of carboxylic acids is 1. The van der Waals surface area contributed by atoms with Gasteiger partial charge in [0.05, 0.1) is 66.4 Å². The molecule has 4 rings (SSSR count). The van der Waals surface area contributed by atoms with E-state index in [4.69, 9.17) is 4.74 Å². The van der Waals surface area contributed by atoms with Crippen LogP contribution in [0.2, 0.25) is 0 Å². The molecule has 0 radical (unpaired) electrons. The van der Waals surface area contributed by atoms with Gasteiger partial charge in [0.2, 0.25) is 31.9 Å². The number of hydrogen-bond acceptors (Lipinski definition) is 14. The van der Waals surface area contributed by atoms with Gasteiger partial charge >= 0.3 is 11.9 Å². The Hall–Kier alpha value is -5.74. The van der Waals surface area contributed by atoms with Crippen LogP contribution in [-0.2, 0) is 34.4 Å². The van der Waals surface area contributed by atoms with Gasteiger partial charge in [0, 0.05) is 49.2 Å². The van der Waals surface area contributed by atoms with E-state index in [0.29, 0.717) is 33.6 Å². The highest BCUT2D eigenvalue weighted by atomic mass is 32.2. The largest absolute Gasteiger partial charge is 0.481 e. The molecule has 0 bridgehead atoms. The number of aromatic nitrogens is 4. The van der Waals surface area contributed by atoms with Crippen LogP contribution in [0.15, 0.2) is 60.7 Å². The zero-order valence-corrected chi connectivity index (χ0v) is 38.8. The summed E-state index contributed by atoms with van der Waals surface area (Å²) in [6.45, 7) is 7.20. The van der Waals surface area contributed by atoms with Crippen LogP contribution in [0.4, 0.5) is 20.7 Å². The molecular formula is C44H54F2N6O11S2. The van der Waals surface area contributed by atoms with E-state index in [1.807, 2.05) is 13.8 Å². The summed E-state index contributed by atoms with van der Waals surface area (Å²) in [6.07, 6.45) is -0.151. The van der Waals surface area contributed by atoms with Gasteiger partial charge in [0.25, 0.3) is 0 Å². The van der Waals surface area contributed by atoms with Gasteiger partial charge in [-0.1, -0.05) is 45.9 Å². The monoisotopic (exact) mass is 944 g/mol. The fraction of sp³-hybridized carbons (Fsp3) is 0.409. The zero-order valence-electron chi connectivity index (χ0n) is 37.1. The molecule has 4 atom stereocenters. The summed E-state index contributed by atoms with van der Waals surface area (Å²) in [6, 6.07) is 10.6. The van der Waals surface area contributed by atoms with Gasteiger partial charge in [0.15, 0.2) is 0 Å². The van der Waals surface area contributed by atoms with E-state index in [-0.39, 0.29) is 41.5 Å². The van der Waals surface area contributed by atoms with Crippen molar-refractivity contribution >= 4 is 56.0 Å². The van der Waals surface area contributed by atoms with Gasteiger partial charge in [-0.25, -0.2) is 54.2 Å². The summed E-state index contributed by atoms with van der Waals surface area (Å²) in [7, 11) is -5.03. The molecule has 0 aliphatic rings. The molecule has 2 aromatic heterocycles. The number of aliphatic carboxylic acids is 1. The maximum Gasteiger partial charge on any atom is 0.309 e. The third-order valence-electron chi connectivity index (χ3n) is 9.89. The maximum atomic E-state index is 14.0. The first-order valence-electron chi connectivity index (χ1n) is 20.3. The highest BCUT2D eigenvalue weighted by Gasteiger charge is 2.26. The zero-order chi connectivity index (χ0) is 48.6. The Balaban J connectivity index is 1.64. The lowest BCUT2D eigenvalue weighted by Crippen LogP contribution is -2.28. The second-order valence-electron chi connectivity index (χ2n) is 16.0. The molecule has 0 aliphatic heterocycles. The molecule has 2 aromatic carbocycles. The Morgan fingerprint density at radius 2 is 1.06 bits per heavy atom. The Kier molecular flexibility index (Phi) is 17.5. The van der Waals surface area contributed by atoms with Crippen LogP contribution in [-0.4, -0.2) is 120 Å². The molecule has 0 amide bonds. The molecule has 4 N–H and O–H groups in total. The van der Waals surface area contributed by atoms with Crippen molar-refractivity contribution in [3.8, 4) is 22.5 Å². The van der Waals surface area contributed by atoms with E-state index >= 15 is 0 Å². The summed E-state index contributed by atoms with van der Waals surface area (Å²) in [5.41, 5.74) is 2.68. The van der Waals surface area contributed by atoms with E-state index in [1.54, 1.807) is 13.8 Å². The topological polar surface area (TPSA) is 251 Å². The number of anilines is 2. The first kappa shape index (κ1) is 51.9. The molecule has 0 saturated carbocycles. The van der Waals surface area contributed by atoms with Gasteiger partial charge in [-0.15, -0.1) is 0 Å². The minimum absolute atomic E-state index is 0.136. The van der Waals surface area contributed by atoms with Crippen molar-refractivity contribution in [2.24, 2.45) is 0 Å². The van der Waals surface area contributed by atoms with Crippen LogP contribution < -0.4 is 8.61 Å². The van der Waals surface area contributed by atoms with E-state index in [0.717, 1.165) is 21.1 Å². The first-order chi connectivity index (χ1) is 30.2. The van der Waals surface area contributed by atoms with Crippen LogP contribution in [0.5, 0.6) is 0 Å². The molecule has 0 spiro atoms. The highest BCUT2D eigenvalue weighted by molar-refractivity contribution is 7.92. The molecule has 21 heteroatoms. The number of rotatable bonds is 21. The van der Waals surface area contributed by atoms with E-state index < -0.39 is 87.3 Å². The number of ether oxygens (including phenoxy) is 1. The van der Waals surface area contributed by atoms with E-state index in [1.165, 1.54) is 86.9 Å². The number of hydrogen-bond donors (Lipinski definition) is 4. The van der Waals surface area contributed by atoms with Crippen molar-refractivity contribution in [1.82, 2.24) is 19.9 Å². The van der Waals surface area contributed by atoms with Gasteiger partial charge in [0.1, 0.15) is 17.7 Å². The van der Waals surface area contributed by atoms with E-state index in [9.17, 15) is 55.6 Å². The molecule has 2 unspecified atom stereocenters. The van der Waals surface area contributed by atoms with Crippen molar-refractivity contribution in [2.45, 2.75) is 89.6 Å². The van der Waals surface area contributed by atoms with Gasteiger partial charge in [-0.2, -0.15) is 0 Å². The SMILES string of the molecule is CC(C)c1nc(N(C)S(C)(=O)=O)nc(-c2ccc(F)cc2)c1/C=C/C(C[C@@H](O)CC(=O)O)OC(=O)CC(O)C[C@H](O)/C=C/c1c(-c2ccc(F)cc2)nc(N(C)S(C)(=O)=O)nc1C(C)C. The number of aliphatic hydroxyl groups is 3. The van der Waals surface area contributed by atoms with Crippen molar-refractivity contribution < 1.29 is 60.4 Å². The number of carbonyl (C=O) groups excluding carboxylic acids is 1. The third-order valence-corrected chi connectivity index (χ3v) is 12.2. The Bertz CT molecular complexity index is 2610. The molecule has 4 aromatic rings. The van der Waals surface area contributed by atoms with Crippen molar-refractivity contribution in [1.29, 1.82) is 0 Å². The number of esters is 1. The average molecular weight is 945 g/mol. The quantitative estimate of drug-likeness (QED) is 0.0776. The minimum atomic E-state index is -3.82. The lowest BCUT2D eigenvalue weighted by atomic mass is 9.97. The molecule has 65 heavy (non-hydrogen) atoms. The summed E-state index contributed by atoms with van der Waals surface area (Å²) < 4.78 is 85.1. The predicted octanol–water partition coefficient (Wildman–Crippen LogP) is 5.28. The third kappa shape index (κ3) is 14.6. The number of benzene rings is 2. The van der Waals surface area contributed by atoms with Crippen LogP contribution in [0.3, 0.4) is 0 Å². The Morgan fingerprint density at radius 3 is 1.45 bits per heavy atom. The molecular weight excluding hydrogens is 891 g/mol. The highest BCUT2D eigenvalue weighted by Crippen LogP contribution is 2.34. The fourth-order valence-corrected chi connectivity index (χ4v) is 7.13. The lowest BCUT2D eigenvalue weighted by molar-refractivity contribution is -0.150. The normalized spacial score (nSPS) is 14.2. The smallest absolute Gasteiger partial charge is 0.309 e. The Morgan fingerprint density at radius 1 is 0.662 bits per heavy atom. The van der Waals surface area contributed by atoms with Crippen LogP contribution in [0, 0.1) is 11.6 Å². The molecule has 0 aliphatic carbocycles. The second-order valence-corrected chi connectivity index (χ2v) is 20.0. The molecule has 0 saturated heterocycles. The number of carbonyl (C=O) groups is 2. The average Bonchev–Trinajstić information content (AvgIpc) is 3.20.